The third-order valence-corrected chi connectivity index (χ3v) is 9.07. The van der Waals surface area contributed by atoms with Crippen molar-refractivity contribution < 1.29 is 14.0 Å². The summed E-state index contributed by atoms with van der Waals surface area (Å²) in [5, 5.41) is 20.9. The van der Waals surface area contributed by atoms with E-state index in [1.54, 1.807) is 0 Å². The lowest BCUT2D eigenvalue weighted by Gasteiger charge is -2.15. The molecule has 0 fully saturated rings. The molecule has 0 heterocycles. The van der Waals surface area contributed by atoms with E-state index in [2.05, 4.69) is 4.49 Å². The first kappa shape index (κ1) is 15.8. The van der Waals surface area contributed by atoms with Crippen LogP contribution >= 0.6 is 28.8 Å². The molecule has 1 unspecified atom stereocenters. The summed E-state index contributed by atoms with van der Waals surface area (Å²) in [5.41, 5.74) is -3.48. The average Bonchev–Trinajstić information content (AvgIpc) is 2.38. The molecule has 0 bridgehead atoms. The van der Waals surface area contributed by atoms with Gasteiger partial charge < -0.3 is 4.55 Å². The second-order valence-corrected chi connectivity index (χ2v) is 11.0. The first-order valence-corrected chi connectivity index (χ1v) is 10.1. The van der Waals surface area contributed by atoms with Crippen LogP contribution in [0, 0.1) is 10.1 Å². The Morgan fingerprint density at radius 1 is 1.39 bits per heavy atom. The van der Waals surface area contributed by atoms with Crippen molar-refractivity contribution in [2.24, 2.45) is 10.3 Å². The number of non-ortho nitro benzene ring substituents is 1. The van der Waals surface area contributed by atoms with Gasteiger partial charge in [0.1, 0.15) is 0 Å². The first-order chi connectivity index (χ1) is 8.41. The van der Waals surface area contributed by atoms with Crippen LogP contribution < -0.4 is 14.8 Å². The van der Waals surface area contributed by atoms with Crippen molar-refractivity contribution in [1.29, 1.82) is 0 Å². The molecule has 0 amide bonds. The normalized spacial score (nSPS) is 13.3. The van der Waals surface area contributed by atoms with Crippen molar-refractivity contribution in [2.45, 2.75) is 4.90 Å². The molecule has 18 heavy (non-hydrogen) atoms. The predicted molar refractivity (Wildman–Crippen MR) is 73.8 cm³/mol. The molecule has 1 aromatic rings. The molecule has 0 aromatic heterocycles. The standard InChI is InChI=1S/C6H9N4O4PS3/c7-16-15(13,17-8)9-18(14)6-3-1-2-5(4-6)10(11)12/h1-4H,7-8H2,(H,9,13). The third kappa shape index (κ3) is 4.14. The van der Waals surface area contributed by atoms with E-state index >= 15 is 0 Å². The second kappa shape index (κ2) is 6.78. The van der Waals surface area contributed by atoms with Crippen LogP contribution in [0.2, 0.25) is 0 Å². The fraction of sp³-hybridized carbons (Fsp3) is 0. The van der Waals surface area contributed by atoms with E-state index in [0.717, 1.165) is 6.07 Å². The number of nitro groups is 1. The molecule has 1 rings (SSSR count). The Morgan fingerprint density at radius 2 is 2.00 bits per heavy atom. The molecule has 100 valence electrons. The zero-order chi connectivity index (χ0) is 13.8. The number of nitro benzene ring substituents is 1. The zero-order valence-corrected chi connectivity index (χ0v) is 12.1. The molecule has 8 nitrogen and oxygen atoms in total. The lowest BCUT2D eigenvalue weighted by Crippen LogP contribution is -2.20. The Bertz CT molecular complexity index is 482. The maximum absolute atomic E-state index is 11.8. The number of hydrogen-bond donors (Lipinski definition) is 3. The Morgan fingerprint density at radius 3 is 2.50 bits per heavy atom. The highest BCUT2D eigenvalue weighted by atomic mass is 33.1. The number of nitrogens with two attached hydrogens (primary N) is 2. The summed E-state index contributed by atoms with van der Waals surface area (Å²) in [6.07, 6.45) is 0. The van der Waals surface area contributed by atoms with Crippen molar-refractivity contribution in [3.8, 4) is 0 Å². The summed E-state index contributed by atoms with van der Waals surface area (Å²) in [6.45, 7) is 0. The number of benzene rings is 1. The van der Waals surface area contributed by atoms with Gasteiger partial charge in [-0.15, -0.1) is 0 Å². The molecular weight excluding hydrogens is 319 g/mol. The maximum Gasteiger partial charge on any atom is 0.323 e. The van der Waals surface area contributed by atoms with Gasteiger partial charge in [0, 0.05) is 29.2 Å². The Labute approximate surface area is 114 Å². The Balaban J connectivity index is 2.90. The van der Waals surface area contributed by atoms with Gasteiger partial charge in [0.05, 0.1) is 22.4 Å². The van der Waals surface area contributed by atoms with Gasteiger partial charge in [-0.25, -0.2) is 0 Å². The minimum atomic E-state index is -3.27. The van der Waals surface area contributed by atoms with E-state index in [9.17, 15) is 19.2 Å². The van der Waals surface area contributed by atoms with Crippen LogP contribution in [0.5, 0.6) is 0 Å². The van der Waals surface area contributed by atoms with Crippen LogP contribution in [0.15, 0.2) is 29.2 Å². The van der Waals surface area contributed by atoms with Gasteiger partial charge in [-0.2, -0.15) is 0 Å². The second-order valence-electron chi connectivity index (χ2n) is 2.82. The number of nitrogens with zero attached hydrogens (tertiary/aromatic N) is 1. The van der Waals surface area contributed by atoms with Crippen LogP contribution in [0.3, 0.4) is 0 Å². The fourth-order valence-corrected chi connectivity index (χ4v) is 5.58. The van der Waals surface area contributed by atoms with Crippen molar-refractivity contribution in [3.05, 3.63) is 34.4 Å². The summed E-state index contributed by atoms with van der Waals surface area (Å²) in [7, 11) is 0. The monoisotopic (exact) mass is 328 g/mol. The Hall–Kier alpha value is -0.260. The summed E-state index contributed by atoms with van der Waals surface area (Å²) in [5.74, 6) is 0. The summed E-state index contributed by atoms with van der Waals surface area (Å²) >= 11 is -0.976. The molecule has 0 aliphatic heterocycles. The van der Waals surface area contributed by atoms with Gasteiger partial charge in [0.15, 0.2) is 4.90 Å². The summed E-state index contributed by atoms with van der Waals surface area (Å²) in [4.78, 5) is 10.1. The molecule has 5 N–H and O–H groups in total. The van der Waals surface area contributed by atoms with Gasteiger partial charge >= 0.3 is 5.70 Å². The highest BCUT2D eigenvalue weighted by Gasteiger charge is 2.29. The molecule has 0 saturated carbocycles. The van der Waals surface area contributed by atoms with Gasteiger partial charge in [0.2, 0.25) is 0 Å². The van der Waals surface area contributed by atoms with Gasteiger partial charge in [-0.3, -0.25) is 25.0 Å². The third-order valence-electron chi connectivity index (χ3n) is 1.71. The van der Waals surface area contributed by atoms with Crippen LogP contribution in [0.4, 0.5) is 5.69 Å². The maximum atomic E-state index is 11.8. The smallest absolute Gasteiger partial charge is 0.323 e. The number of hydrogen-bond acceptors (Lipinski definition) is 8. The molecule has 1 aromatic carbocycles. The molecule has 0 radical (unpaired) electrons. The van der Waals surface area contributed by atoms with Crippen molar-refractivity contribution in [1.82, 2.24) is 4.49 Å². The van der Waals surface area contributed by atoms with Gasteiger partial charge in [-0.05, 0) is 6.07 Å². The summed E-state index contributed by atoms with van der Waals surface area (Å²) < 4.78 is 25.9. The minimum Gasteiger partial charge on any atom is -0.593 e. The SMILES string of the molecule is NSP(=O)(N[S+]([O-])c1cccc([N+](=O)[O-])c1)SN. The molecule has 0 aliphatic carbocycles. The largest absolute Gasteiger partial charge is 0.593 e. The highest BCUT2D eigenvalue weighted by Crippen LogP contribution is 2.61. The molecule has 1 atom stereocenters. The molecule has 0 saturated heterocycles. The minimum absolute atomic E-state index is 0.118. The van der Waals surface area contributed by atoms with Crippen molar-refractivity contribution in [2.75, 3.05) is 0 Å². The van der Waals surface area contributed by atoms with E-state index in [1.165, 1.54) is 18.2 Å². The number of rotatable bonds is 6. The molecule has 0 aliphatic rings. The highest BCUT2D eigenvalue weighted by molar-refractivity contribution is 8.89. The van der Waals surface area contributed by atoms with Crippen LogP contribution in [-0.2, 0) is 15.9 Å². The van der Waals surface area contributed by atoms with Gasteiger partial charge in [0.25, 0.3) is 5.69 Å². The fourth-order valence-electron chi connectivity index (χ4n) is 0.935. The zero-order valence-electron chi connectivity index (χ0n) is 8.72. The van der Waals surface area contributed by atoms with E-state index in [-0.39, 0.29) is 10.6 Å². The number of nitrogens with one attached hydrogen (secondary N) is 1. The van der Waals surface area contributed by atoms with E-state index in [0.29, 0.717) is 23.1 Å². The topological polar surface area (TPSA) is 147 Å². The van der Waals surface area contributed by atoms with Crippen molar-refractivity contribution >= 4 is 45.9 Å². The lowest BCUT2D eigenvalue weighted by molar-refractivity contribution is -0.385. The molecule has 12 heteroatoms. The van der Waals surface area contributed by atoms with Crippen LogP contribution in [-0.4, -0.2) is 9.48 Å². The van der Waals surface area contributed by atoms with E-state index in [4.69, 9.17) is 10.3 Å². The lowest BCUT2D eigenvalue weighted by atomic mass is 10.3. The van der Waals surface area contributed by atoms with E-state index in [1.807, 2.05) is 0 Å². The molecular formula is C6H9N4O4PS3. The summed E-state index contributed by atoms with van der Waals surface area (Å²) in [6, 6.07) is 5.16. The van der Waals surface area contributed by atoms with Crippen molar-refractivity contribution in [3.63, 3.8) is 0 Å². The van der Waals surface area contributed by atoms with Crippen LogP contribution in [0.25, 0.3) is 0 Å². The van der Waals surface area contributed by atoms with E-state index < -0.39 is 22.0 Å². The van der Waals surface area contributed by atoms with Crippen LogP contribution in [0.1, 0.15) is 0 Å². The quantitative estimate of drug-likeness (QED) is 0.232. The average molecular weight is 328 g/mol. The molecule has 0 spiro atoms. The first-order valence-electron chi connectivity index (χ1n) is 4.23. The predicted octanol–water partition coefficient (Wildman–Crippen LogP) is 1.53. The Kier molecular flexibility index (Phi) is 5.95. The van der Waals surface area contributed by atoms with Gasteiger partial charge in [-0.1, -0.05) is 10.6 Å².